The molecule has 0 spiro atoms. The van der Waals surface area contributed by atoms with Gasteiger partial charge in [-0.3, -0.25) is 0 Å². The molecule has 0 aliphatic heterocycles. The van der Waals surface area contributed by atoms with Gasteiger partial charge in [-0.2, -0.15) is 0 Å². The highest BCUT2D eigenvalue weighted by atomic mass is 35.5. The maximum absolute atomic E-state index is 6.35. The van der Waals surface area contributed by atoms with E-state index in [9.17, 15) is 0 Å². The normalized spacial score (nSPS) is 12.7. The van der Waals surface area contributed by atoms with Crippen molar-refractivity contribution in [1.82, 2.24) is 5.32 Å². The van der Waals surface area contributed by atoms with E-state index in [-0.39, 0.29) is 6.04 Å². The molecule has 0 saturated heterocycles. The van der Waals surface area contributed by atoms with Crippen molar-refractivity contribution >= 4 is 46.1 Å². The zero-order valence-corrected chi connectivity index (χ0v) is 14.4. The summed E-state index contributed by atoms with van der Waals surface area (Å²) in [6, 6.07) is 7.67. The zero-order valence-electron chi connectivity index (χ0n) is 11.3. The largest absolute Gasteiger partial charge is 0.306 e. The predicted molar refractivity (Wildman–Crippen MR) is 90.7 cm³/mol. The second-order valence-corrected chi connectivity index (χ2v) is 7.13. The van der Waals surface area contributed by atoms with Crippen molar-refractivity contribution < 1.29 is 0 Å². The van der Waals surface area contributed by atoms with Gasteiger partial charge in [0.2, 0.25) is 0 Å². The molecule has 108 valence electrons. The molecular formula is C15H16Cl3NS. The van der Waals surface area contributed by atoms with Crippen LogP contribution in [0.4, 0.5) is 0 Å². The standard InChI is InChI=1S/C15H16Cl3NS/c1-3-7-19-14(12-8-9(2)15(18)20-12)13-10(16)5-4-6-11(13)17/h4-6,8,14,19H,3,7H2,1-2H3. The Morgan fingerprint density at radius 3 is 2.35 bits per heavy atom. The molecule has 1 unspecified atom stereocenters. The summed E-state index contributed by atoms with van der Waals surface area (Å²) in [7, 11) is 0. The molecule has 2 aromatic rings. The summed E-state index contributed by atoms with van der Waals surface area (Å²) in [5.41, 5.74) is 2.00. The molecular weight excluding hydrogens is 333 g/mol. The van der Waals surface area contributed by atoms with Crippen LogP contribution in [0, 0.1) is 6.92 Å². The molecule has 1 atom stereocenters. The van der Waals surface area contributed by atoms with Gasteiger partial charge in [0.05, 0.1) is 10.4 Å². The third-order valence-electron chi connectivity index (χ3n) is 3.05. The van der Waals surface area contributed by atoms with E-state index in [2.05, 4.69) is 18.3 Å². The van der Waals surface area contributed by atoms with Gasteiger partial charge in [0, 0.05) is 20.5 Å². The summed E-state index contributed by atoms with van der Waals surface area (Å²) in [5, 5.41) is 4.86. The molecule has 1 N–H and O–H groups in total. The number of nitrogens with one attached hydrogen (secondary N) is 1. The van der Waals surface area contributed by atoms with Gasteiger partial charge in [-0.1, -0.05) is 47.8 Å². The molecule has 0 bridgehead atoms. The number of hydrogen-bond donors (Lipinski definition) is 1. The fourth-order valence-corrected chi connectivity index (χ4v) is 3.96. The van der Waals surface area contributed by atoms with Crippen molar-refractivity contribution in [2.75, 3.05) is 6.54 Å². The van der Waals surface area contributed by atoms with Crippen molar-refractivity contribution in [3.05, 3.63) is 54.7 Å². The van der Waals surface area contributed by atoms with Gasteiger partial charge in [-0.25, -0.2) is 0 Å². The van der Waals surface area contributed by atoms with Crippen molar-refractivity contribution in [2.45, 2.75) is 26.3 Å². The molecule has 1 aromatic carbocycles. The molecule has 1 heterocycles. The number of benzene rings is 1. The molecule has 0 radical (unpaired) electrons. The first-order valence-electron chi connectivity index (χ1n) is 6.47. The van der Waals surface area contributed by atoms with Crippen molar-refractivity contribution in [1.29, 1.82) is 0 Å². The molecule has 20 heavy (non-hydrogen) atoms. The Bertz CT molecular complexity index is 555. The average molecular weight is 349 g/mol. The lowest BCUT2D eigenvalue weighted by atomic mass is 10.0. The Balaban J connectivity index is 2.47. The van der Waals surface area contributed by atoms with Gasteiger partial charge in [-0.05, 0) is 43.7 Å². The Kier molecular flexibility index (Phi) is 5.76. The number of hydrogen-bond acceptors (Lipinski definition) is 2. The second kappa shape index (κ2) is 7.15. The van der Waals surface area contributed by atoms with Crippen LogP contribution in [0.1, 0.15) is 35.4 Å². The first-order valence-corrected chi connectivity index (χ1v) is 8.42. The van der Waals surface area contributed by atoms with Gasteiger partial charge in [-0.15, -0.1) is 11.3 Å². The van der Waals surface area contributed by atoms with Crippen LogP contribution >= 0.6 is 46.1 Å². The zero-order chi connectivity index (χ0) is 14.7. The van der Waals surface area contributed by atoms with E-state index in [0.29, 0.717) is 10.0 Å². The molecule has 0 aliphatic carbocycles. The van der Waals surface area contributed by atoms with Crippen LogP contribution in [-0.2, 0) is 0 Å². The topological polar surface area (TPSA) is 12.0 Å². The summed E-state index contributed by atoms with van der Waals surface area (Å²) in [6.45, 7) is 5.03. The van der Waals surface area contributed by atoms with E-state index in [1.165, 1.54) is 0 Å². The van der Waals surface area contributed by atoms with Crippen molar-refractivity contribution in [3.63, 3.8) is 0 Å². The van der Waals surface area contributed by atoms with Gasteiger partial charge in [0.15, 0.2) is 0 Å². The van der Waals surface area contributed by atoms with Gasteiger partial charge < -0.3 is 5.32 Å². The highest BCUT2D eigenvalue weighted by Gasteiger charge is 2.21. The average Bonchev–Trinajstić information content (AvgIpc) is 2.73. The lowest BCUT2D eigenvalue weighted by molar-refractivity contribution is 0.606. The Morgan fingerprint density at radius 1 is 1.20 bits per heavy atom. The maximum atomic E-state index is 6.35. The molecule has 5 heteroatoms. The highest BCUT2D eigenvalue weighted by Crippen LogP contribution is 2.39. The summed E-state index contributed by atoms with van der Waals surface area (Å²) in [4.78, 5) is 1.14. The second-order valence-electron chi connectivity index (χ2n) is 4.63. The van der Waals surface area contributed by atoms with Crippen molar-refractivity contribution in [3.8, 4) is 0 Å². The first kappa shape index (κ1) is 16.1. The monoisotopic (exact) mass is 347 g/mol. The van der Waals surface area contributed by atoms with E-state index in [1.54, 1.807) is 11.3 Å². The molecule has 0 amide bonds. The van der Waals surface area contributed by atoms with E-state index in [0.717, 1.165) is 33.3 Å². The van der Waals surface area contributed by atoms with Crippen LogP contribution in [0.15, 0.2) is 24.3 Å². The third-order valence-corrected chi connectivity index (χ3v) is 5.33. The van der Waals surface area contributed by atoms with E-state index in [4.69, 9.17) is 34.8 Å². The van der Waals surface area contributed by atoms with Crippen LogP contribution in [0.3, 0.4) is 0 Å². The number of rotatable bonds is 5. The van der Waals surface area contributed by atoms with E-state index in [1.807, 2.05) is 25.1 Å². The van der Waals surface area contributed by atoms with Crippen molar-refractivity contribution in [2.24, 2.45) is 0 Å². The highest BCUT2D eigenvalue weighted by molar-refractivity contribution is 7.16. The lowest BCUT2D eigenvalue weighted by Gasteiger charge is -2.20. The van der Waals surface area contributed by atoms with Crippen LogP contribution in [0.2, 0.25) is 14.4 Å². The summed E-state index contributed by atoms with van der Waals surface area (Å²) in [6.07, 6.45) is 1.04. The van der Waals surface area contributed by atoms with Gasteiger partial charge in [0.25, 0.3) is 0 Å². The van der Waals surface area contributed by atoms with Gasteiger partial charge >= 0.3 is 0 Å². The number of aryl methyl sites for hydroxylation is 1. The Hall–Kier alpha value is -0.250. The molecule has 1 nitrogen and oxygen atoms in total. The molecule has 0 saturated carbocycles. The van der Waals surface area contributed by atoms with Crippen LogP contribution in [0.25, 0.3) is 0 Å². The number of halogens is 3. The van der Waals surface area contributed by atoms with Gasteiger partial charge in [0.1, 0.15) is 0 Å². The number of thiophene rings is 1. The van der Waals surface area contributed by atoms with Crippen LogP contribution < -0.4 is 5.32 Å². The van der Waals surface area contributed by atoms with Crippen LogP contribution in [-0.4, -0.2) is 6.54 Å². The summed E-state index contributed by atoms with van der Waals surface area (Å²) in [5.74, 6) is 0. The molecule has 2 rings (SSSR count). The van der Waals surface area contributed by atoms with E-state index < -0.39 is 0 Å². The smallest absolute Gasteiger partial charge is 0.0961 e. The minimum atomic E-state index is -0.0210. The summed E-state index contributed by atoms with van der Waals surface area (Å²) < 4.78 is 0.812. The first-order chi connectivity index (χ1) is 9.54. The lowest BCUT2D eigenvalue weighted by Crippen LogP contribution is -2.23. The molecule has 1 aromatic heterocycles. The predicted octanol–water partition coefficient (Wildman–Crippen LogP) is 6.11. The molecule has 0 aliphatic rings. The maximum Gasteiger partial charge on any atom is 0.0961 e. The minimum absolute atomic E-state index is 0.0210. The fourth-order valence-electron chi connectivity index (χ4n) is 2.05. The SMILES string of the molecule is CCCNC(c1cc(C)c(Cl)s1)c1c(Cl)cccc1Cl. The quantitative estimate of drug-likeness (QED) is 0.687. The fraction of sp³-hybridized carbons (Fsp3) is 0.333. The Morgan fingerprint density at radius 2 is 1.85 bits per heavy atom. The molecule has 0 fully saturated rings. The summed E-state index contributed by atoms with van der Waals surface area (Å²) >= 11 is 20.5. The third kappa shape index (κ3) is 3.49. The van der Waals surface area contributed by atoms with Crippen LogP contribution in [0.5, 0.6) is 0 Å². The Labute approximate surface area is 138 Å². The van der Waals surface area contributed by atoms with E-state index >= 15 is 0 Å². The minimum Gasteiger partial charge on any atom is -0.306 e.